The molecule has 201 valence electrons. The minimum Gasteiger partial charge on any atom is -0.478 e. The fourth-order valence-electron chi connectivity index (χ4n) is 4.77. The van der Waals surface area contributed by atoms with Crippen molar-refractivity contribution in [1.29, 1.82) is 0 Å². The first-order chi connectivity index (χ1) is 19.5. The van der Waals surface area contributed by atoms with Gasteiger partial charge in [-0.15, -0.1) is 35.9 Å². The van der Waals surface area contributed by atoms with Gasteiger partial charge in [-0.2, -0.15) is 0 Å². The fourth-order valence-corrected chi connectivity index (χ4v) is 4.77. The van der Waals surface area contributed by atoms with Gasteiger partial charge in [0.05, 0.1) is 28.0 Å². The average molecular weight is 715 g/mol. The second-order valence-electron chi connectivity index (χ2n) is 9.05. The number of aromatic nitrogens is 3. The number of hydrogen-bond acceptors (Lipinski definition) is 5. The van der Waals surface area contributed by atoms with Crippen LogP contribution in [0.4, 0.5) is 0 Å². The number of aromatic carboxylic acids is 2. The van der Waals surface area contributed by atoms with E-state index in [4.69, 9.17) is 15.2 Å². The van der Waals surface area contributed by atoms with E-state index in [0.717, 1.165) is 16.8 Å². The van der Waals surface area contributed by atoms with Crippen molar-refractivity contribution >= 4 is 22.8 Å². The van der Waals surface area contributed by atoms with Crippen LogP contribution in [0.15, 0.2) is 109 Å². The smallest absolute Gasteiger partial charge is 0.335 e. The molecule has 1 radical (unpaired) electrons. The Bertz CT molecular complexity index is 1870. The summed E-state index contributed by atoms with van der Waals surface area (Å²) in [7, 11) is 0. The van der Waals surface area contributed by atoms with Gasteiger partial charge in [0.15, 0.2) is 0 Å². The first-order valence-corrected chi connectivity index (χ1v) is 12.4. The maximum Gasteiger partial charge on any atom is 0.335 e. The molecule has 3 aromatic heterocycles. The number of benzene rings is 3. The first-order valence-electron chi connectivity index (χ1n) is 12.4. The molecule has 1 aliphatic carbocycles. The molecule has 1 aliphatic rings. The van der Waals surface area contributed by atoms with Gasteiger partial charge in [0.2, 0.25) is 0 Å². The number of fused-ring (bicyclic) bond motifs is 3. The van der Waals surface area contributed by atoms with E-state index in [9.17, 15) is 9.59 Å². The molecule has 0 saturated heterocycles. The van der Waals surface area contributed by atoms with Crippen molar-refractivity contribution in [3.63, 3.8) is 0 Å². The summed E-state index contributed by atoms with van der Waals surface area (Å²) in [5.41, 5.74) is 9.03. The van der Waals surface area contributed by atoms with E-state index in [-0.39, 0.29) is 31.2 Å². The van der Waals surface area contributed by atoms with Gasteiger partial charge in [0.1, 0.15) is 0 Å². The van der Waals surface area contributed by atoms with Gasteiger partial charge in [-0.1, -0.05) is 42.5 Å². The molecule has 0 unspecified atom stereocenters. The maximum atomic E-state index is 10.8. The molecular weight excluding hydrogens is 695 g/mol. The molecule has 0 spiro atoms. The third kappa shape index (κ3) is 5.39. The second-order valence-corrected chi connectivity index (χ2v) is 9.05. The van der Waals surface area contributed by atoms with Crippen molar-refractivity contribution in [2.45, 2.75) is 0 Å². The monoisotopic (exact) mass is 715 g/mol. The molecule has 0 amide bonds. The molecule has 7 nitrogen and oxygen atoms in total. The molecule has 0 saturated carbocycles. The van der Waals surface area contributed by atoms with E-state index >= 15 is 0 Å². The van der Waals surface area contributed by atoms with E-state index in [0.29, 0.717) is 11.4 Å². The summed E-state index contributed by atoms with van der Waals surface area (Å²) in [6.45, 7) is 0. The predicted octanol–water partition coefficient (Wildman–Crippen LogP) is 6.89. The molecule has 3 aromatic carbocycles. The number of carboxylic acids is 2. The number of carboxylic acid groups (broad SMARTS) is 2. The molecule has 7 rings (SSSR count). The zero-order valence-corrected chi connectivity index (χ0v) is 23.7. The molecule has 0 fully saturated rings. The van der Waals surface area contributed by atoms with Crippen molar-refractivity contribution in [3.05, 3.63) is 127 Å². The normalized spacial score (nSPS) is 10.6. The fraction of sp³-hybridized carbons (Fsp3) is 0. The van der Waals surface area contributed by atoms with E-state index in [1.807, 2.05) is 18.2 Å². The van der Waals surface area contributed by atoms with E-state index in [2.05, 4.69) is 70.6 Å². The number of rotatable bonds is 4. The van der Waals surface area contributed by atoms with E-state index in [1.54, 1.807) is 0 Å². The van der Waals surface area contributed by atoms with Gasteiger partial charge in [0.25, 0.3) is 0 Å². The molecule has 3 heterocycles. The van der Waals surface area contributed by atoms with Crippen LogP contribution in [0.1, 0.15) is 20.7 Å². The molecule has 0 atom stereocenters. The van der Waals surface area contributed by atoms with Gasteiger partial charge in [-0.3, -0.25) is 15.0 Å². The van der Waals surface area contributed by atoms with E-state index < -0.39 is 11.9 Å². The van der Waals surface area contributed by atoms with Gasteiger partial charge >= 0.3 is 11.9 Å². The van der Waals surface area contributed by atoms with Crippen LogP contribution in [0.2, 0.25) is 0 Å². The van der Waals surface area contributed by atoms with Crippen LogP contribution in [-0.4, -0.2) is 37.1 Å². The molecule has 0 bridgehead atoms. The van der Waals surface area contributed by atoms with Gasteiger partial charge in [-0.25, -0.2) is 9.59 Å². The zero-order valence-electron chi connectivity index (χ0n) is 21.3. The Morgan fingerprint density at radius 3 is 1.78 bits per heavy atom. The van der Waals surface area contributed by atoms with Crippen LogP contribution in [0.3, 0.4) is 0 Å². The largest absolute Gasteiger partial charge is 0.478 e. The van der Waals surface area contributed by atoms with Crippen LogP contribution in [0.5, 0.6) is 0 Å². The minimum atomic E-state index is -1.08. The van der Waals surface area contributed by atoms with Crippen LogP contribution in [-0.2, 0) is 20.1 Å². The summed E-state index contributed by atoms with van der Waals surface area (Å²) in [4.78, 5) is 34.4. The van der Waals surface area contributed by atoms with Crippen LogP contribution >= 0.6 is 0 Å². The summed E-state index contributed by atoms with van der Waals surface area (Å²) >= 11 is 0. The van der Waals surface area contributed by atoms with Crippen molar-refractivity contribution in [3.8, 4) is 44.9 Å². The third-order valence-electron chi connectivity index (χ3n) is 6.60. The maximum absolute atomic E-state index is 10.8. The molecule has 8 heteroatoms. The molecule has 2 N–H and O–H groups in total. The molecular formula is C33H20IrN3O4-. The van der Waals surface area contributed by atoms with Crippen molar-refractivity contribution < 1.29 is 39.9 Å². The summed E-state index contributed by atoms with van der Waals surface area (Å²) in [5, 5.41) is 19.0. The Hall–Kier alpha value is -5.04. The zero-order chi connectivity index (χ0) is 27.6. The summed E-state index contributed by atoms with van der Waals surface area (Å²) in [6, 6.07) is 33.9. The van der Waals surface area contributed by atoms with Crippen molar-refractivity contribution in [2.75, 3.05) is 0 Å². The summed E-state index contributed by atoms with van der Waals surface area (Å²) in [6.07, 6.45) is 2.68. The Labute approximate surface area is 248 Å². The van der Waals surface area contributed by atoms with E-state index in [1.165, 1.54) is 64.3 Å². The third-order valence-corrected chi connectivity index (χ3v) is 6.60. The number of nitrogens with zero attached hydrogens (tertiary/aromatic N) is 3. The molecule has 0 aliphatic heterocycles. The quantitative estimate of drug-likeness (QED) is 0.191. The Kier molecular flexibility index (Phi) is 7.79. The number of hydrogen-bond donors (Lipinski definition) is 2. The Morgan fingerprint density at radius 1 is 0.610 bits per heavy atom. The van der Waals surface area contributed by atoms with Crippen LogP contribution in [0.25, 0.3) is 55.8 Å². The number of pyridine rings is 3. The Morgan fingerprint density at radius 2 is 1.20 bits per heavy atom. The van der Waals surface area contributed by atoms with Crippen molar-refractivity contribution in [1.82, 2.24) is 15.0 Å². The van der Waals surface area contributed by atoms with Crippen LogP contribution < -0.4 is 0 Å². The molecule has 41 heavy (non-hydrogen) atoms. The molecule has 6 aromatic rings. The van der Waals surface area contributed by atoms with Gasteiger partial charge < -0.3 is 10.2 Å². The predicted molar refractivity (Wildman–Crippen MR) is 152 cm³/mol. The van der Waals surface area contributed by atoms with Gasteiger partial charge in [-0.05, 0) is 58.3 Å². The Balaban J connectivity index is 0.000000165. The second kappa shape index (κ2) is 11.6. The standard InChI is InChI=1S/C21H12N.C12H8N2O4.Ir/c1-2-7-14(8-3-1)20-13-18-16-10-5-4-9-15(16)17-11-6-12-19(22-20)21(17)18;15-11(16)7-1-3-13-9(5-7)10-6-8(12(17)18)2-4-14-10;/h1-7,9-13H;1-6H,(H,15,16)(H,17,18);/q-1;;. The topological polar surface area (TPSA) is 113 Å². The average Bonchev–Trinajstić information content (AvgIpc) is 3.33. The minimum absolute atomic E-state index is 0. The number of carbonyl (C=O) groups is 2. The van der Waals surface area contributed by atoms with Crippen molar-refractivity contribution in [2.24, 2.45) is 0 Å². The first kappa shape index (κ1) is 27.5. The summed E-state index contributed by atoms with van der Waals surface area (Å²) < 4.78 is 0. The SMILES string of the molecule is O=C(O)c1ccnc(-c2cc(C(=O)O)ccn2)c1.[Ir].[c-]1ccccc1-c1cc2c3c(cccc3n1)-c1ccccc1-2. The summed E-state index contributed by atoms with van der Waals surface area (Å²) in [5.74, 6) is -2.15. The van der Waals surface area contributed by atoms with Gasteiger partial charge in [0, 0.05) is 37.9 Å². The van der Waals surface area contributed by atoms with Crippen LogP contribution in [0, 0.1) is 6.07 Å².